The number of benzene rings is 1. The van der Waals surface area contributed by atoms with Crippen LogP contribution in [0.2, 0.25) is 0 Å². The fraction of sp³-hybridized carbons (Fsp3) is 0.742. The number of hydrogen-bond acceptors (Lipinski definition) is 4. The topological polar surface area (TPSA) is 58.6 Å². The number of carbonyl (C=O) groups excluding carboxylic acids is 2. The molecule has 5 heteroatoms. The molecule has 1 aromatic rings. The number of nitrogens with zero attached hydrogens (tertiary/aromatic N) is 1. The average molecular weight is 503 g/mol. The second-order valence-corrected chi connectivity index (χ2v) is 10.6. The van der Waals surface area contributed by atoms with Crippen LogP contribution in [-0.2, 0) is 14.3 Å². The molecule has 0 saturated heterocycles. The third kappa shape index (κ3) is 16.0. The van der Waals surface area contributed by atoms with Crippen molar-refractivity contribution in [2.75, 3.05) is 20.7 Å². The van der Waals surface area contributed by atoms with Crippen molar-refractivity contribution in [2.24, 2.45) is 0 Å². The van der Waals surface area contributed by atoms with Gasteiger partial charge in [-0.1, -0.05) is 127 Å². The SMILES string of the molecule is CCCCCCCCCCCCCCCCCC(=O)NC(C)COC(=O)C(c1ccccc1)N(C)C. The number of esters is 1. The molecule has 0 bridgehead atoms. The Hall–Kier alpha value is -1.88. The first-order valence-electron chi connectivity index (χ1n) is 14.6. The maximum absolute atomic E-state index is 12.6. The highest BCUT2D eigenvalue weighted by Gasteiger charge is 2.25. The maximum atomic E-state index is 12.6. The summed E-state index contributed by atoms with van der Waals surface area (Å²) in [5.74, 6) is -0.254. The van der Waals surface area contributed by atoms with Crippen LogP contribution in [0.1, 0.15) is 128 Å². The lowest BCUT2D eigenvalue weighted by atomic mass is 10.0. The summed E-state index contributed by atoms with van der Waals surface area (Å²) in [6.45, 7) is 4.33. The van der Waals surface area contributed by atoms with Crippen LogP contribution in [0.5, 0.6) is 0 Å². The number of nitrogens with one attached hydrogen (secondary N) is 1. The molecule has 0 aliphatic heterocycles. The summed E-state index contributed by atoms with van der Waals surface area (Å²) in [6.07, 6.45) is 20.3. The zero-order chi connectivity index (χ0) is 26.4. The molecule has 0 fully saturated rings. The van der Waals surface area contributed by atoms with Crippen molar-refractivity contribution in [1.82, 2.24) is 10.2 Å². The Morgan fingerprint density at radius 2 is 1.25 bits per heavy atom. The summed E-state index contributed by atoms with van der Waals surface area (Å²) in [7, 11) is 3.73. The Morgan fingerprint density at radius 1 is 0.778 bits per heavy atom. The van der Waals surface area contributed by atoms with Crippen molar-refractivity contribution in [1.29, 1.82) is 0 Å². The number of amides is 1. The fourth-order valence-electron chi connectivity index (χ4n) is 4.61. The molecule has 2 atom stereocenters. The van der Waals surface area contributed by atoms with Gasteiger partial charge in [-0.15, -0.1) is 0 Å². The van der Waals surface area contributed by atoms with E-state index in [9.17, 15) is 9.59 Å². The summed E-state index contributed by atoms with van der Waals surface area (Å²) < 4.78 is 5.52. The van der Waals surface area contributed by atoms with Gasteiger partial charge in [-0.25, -0.2) is 4.79 Å². The number of unbranched alkanes of at least 4 members (excludes halogenated alkanes) is 14. The van der Waals surface area contributed by atoms with Crippen molar-refractivity contribution in [2.45, 2.75) is 129 Å². The molecule has 2 unspecified atom stereocenters. The number of carbonyl (C=O) groups is 2. The molecular formula is C31H54N2O3. The van der Waals surface area contributed by atoms with Crippen LogP contribution >= 0.6 is 0 Å². The Kier molecular flexibility index (Phi) is 19.0. The molecule has 5 nitrogen and oxygen atoms in total. The zero-order valence-electron chi connectivity index (χ0n) is 23.7. The minimum atomic E-state index is -0.450. The third-order valence-corrected chi connectivity index (χ3v) is 6.75. The smallest absolute Gasteiger partial charge is 0.328 e. The van der Waals surface area contributed by atoms with E-state index in [0.717, 1.165) is 18.4 Å². The van der Waals surface area contributed by atoms with Crippen LogP contribution in [-0.4, -0.2) is 43.5 Å². The van der Waals surface area contributed by atoms with Crippen LogP contribution < -0.4 is 5.32 Å². The Balaban J connectivity index is 2.01. The number of rotatable bonds is 22. The molecular weight excluding hydrogens is 448 g/mol. The standard InChI is InChI=1S/C31H54N2O3/c1-5-6-7-8-9-10-11-12-13-14-15-16-17-18-22-25-29(34)32-27(2)26-36-31(35)30(33(3)4)28-23-20-19-21-24-28/h19-21,23-24,27,30H,5-18,22,25-26H2,1-4H3,(H,32,34). The van der Waals surface area contributed by atoms with Crippen LogP contribution in [0.3, 0.4) is 0 Å². The Bertz CT molecular complexity index is 678. The van der Waals surface area contributed by atoms with Gasteiger partial charge in [-0.2, -0.15) is 0 Å². The Labute approximate surface area is 221 Å². The number of ether oxygens (including phenoxy) is 1. The molecule has 0 aromatic heterocycles. The molecule has 0 aliphatic rings. The normalized spacial score (nSPS) is 12.9. The van der Waals surface area contributed by atoms with Crippen LogP contribution in [0.15, 0.2) is 30.3 Å². The summed E-state index contributed by atoms with van der Waals surface area (Å²) in [4.78, 5) is 26.7. The van der Waals surface area contributed by atoms with Gasteiger partial charge in [0.15, 0.2) is 0 Å². The van der Waals surface area contributed by atoms with Crippen molar-refractivity contribution in [3.8, 4) is 0 Å². The van der Waals surface area contributed by atoms with Crippen LogP contribution in [0.4, 0.5) is 0 Å². The first kappa shape index (κ1) is 32.1. The van der Waals surface area contributed by atoms with E-state index in [0.29, 0.717) is 6.42 Å². The van der Waals surface area contributed by atoms with E-state index < -0.39 is 6.04 Å². The van der Waals surface area contributed by atoms with E-state index in [1.54, 1.807) is 0 Å². The average Bonchev–Trinajstić information content (AvgIpc) is 2.85. The van der Waals surface area contributed by atoms with Crippen molar-refractivity contribution in [3.63, 3.8) is 0 Å². The van der Waals surface area contributed by atoms with Gasteiger partial charge in [0.25, 0.3) is 0 Å². The van der Waals surface area contributed by atoms with Gasteiger partial charge in [0.2, 0.25) is 5.91 Å². The predicted octanol–water partition coefficient (Wildman–Crippen LogP) is 7.60. The van der Waals surface area contributed by atoms with Gasteiger partial charge in [-0.05, 0) is 33.0 Å². The summed E-state index contributed by atoms with van der Waals surface area (Å²) in [5.41, 5.74) is 0.900. The van der Waals surface area contributed by atoms with Crippen molar-refractivity contribution < 1.29 is 14.3 Å². The minimum absolute atomic E-state index is 0.0421. The monoisotopic (exact) mass is 502 g/mol. The van der Waals surface area contributed by atoms with E-state index in [-0.39, 0.29) is 24.5 Å². The van der Waals surface area contributed by atoms with Gasteiger partial charge in [0, 0.05) is 6.42 Å². The molecule has 36 heavy (non-hydrogen) atoms. The molecule has 206 valence electrons. The van der Waals surface area contributed by atoms with E-state index >= 15 is 0 Å². The van der Waals surface area contributed by atoms with Gasteiger partial charge in [0.1, 0.15) is 12.6 Å². The number of likely N-dealkylation sites (N-methyl/N-ethyl adjacent to an activating group) is 1. The summed E-state index contributed by atoms with van der Waals surface area (Å²) in [6, 6.07) is 8.96. The lowest BCUT2D eigenvalue weighted by Gasteiger charge is -2.24. The molecule has 1 N–H and O–H groups in total. The molecule has 1 rings (SSSR count). The van der Waals surface area contributed by atoms with Gasteiger partial charge >= 0.3 is 5.97 Å². The Morgan fingerprint density at radius 3 is 1.72 bits per heavy atom. The molecule has 0 aliphatic carbocycles. The molecule has 0 heterocycles. The zero-order valence-corrected chi connectivity index (χ0v) is 23.7. The molecule has 0 saturated carbocycles. The summed E-state index contributed by atoms with van der Waals surface area (Å²) >= 11 is 0. The van der Waals surface area contributed by atoms with Gasteiger partial charge in [0.05, 0.1) is 6.04 Å². The molecule has 1 amide bonds. The predicted molar refractivity (Wildman–Crippen MR) is 151 cm³/mol. The van der Waals surface area contributed by atoms with E-state index in [1.165, 1.54) is 83.5 Å². The van der Waals surface area contributed by atoms with Gasteiger partial charge < -0.3 is 10.1 Å². The highest BCUT2D eigenvalue weighted by atomic mass is 16.5. The minimum Gasteiger partial charge on any atom is -0.462 e. The third-order valence-electron chi connectivity index (χ3n) is 6.75. The quantitative estimate of drug-likeness (QED) is 0.131. The molecule has 1 aromatic carbocycles. The van der Waals surface area contributed by atoms with Crippen LogP contribution in [0, 0.1) is 0 Å². The number of hydrogen-bond donors (Lipinski definition) is 1. The summed E-state index contributed by atoms with van der Waals surface area (Å²) in [5, 5.41) is 2.96. The highest BCUT2D eigenvalue weighted by molar-refractivity contribution is 5.78. The first-order chi connectivity index (χ1) is 17.5. The van der Waals surface area contributed by atoms with Crippen LogP contribution in [0.25, 0.3) is 0 Å². The molecule has 0 spiro atoms. The fourth-order valence-corrected chi connectivity index (χ4v) is 4.61. The highest BCUT2D eigenvalue weighted by Crippen LogP contribution is 2.19. The lowest BCUT2D eigenvalue weighted by Crippen LogP contribution is -2.38. The second kappa shape index (κ2) is 21.2. The van der Waals surface area contributed by atoms with Gasteiger partial charge in [-0.3, -0.25) is 9.69 Å². The van der Waals surface area contributed by atoms with E-state index in [1.807, 2.05) is 56.3 Å². The van der Waals surface area contributed by atoms with E-state index in [2.05, 4.69) is 12.2 Å². The lowest BCUT2D eigenvalue weighted by molar-refractivity contribution is -0.150. The maximum Gasteiger partial charge on any atom is 0.328 e. The molecule has 0 radical (unpaired) electrons. The van der Waals surface area contributed by atoms with Crippen molar-refractivity contribution in [3.05, 3.63) is 35.9 Å². The first-order valence-corrected chi connectivity index (χ1v) is 14.6. The second-order valence-electron chi connectivity index (χ2n) is 10.6. The van der Waals surface area contributed by atoms with E-state index in [4.69, 9.17) is 4.74 Å². The van der Waals surface area contributed by atoms with Crippen molar-refractivity contribution >= 4 is 11.9 Å². The largest absolute Gasteiger partial charge is 0.462 e.